The first-order valence-electron chi connectivity index (χ1n) is 8.58. The summed E-state index contributed by atoms with van der Waals surface area (Å²) in [6, 6.07) is 19.7. The predicted molar refractivity (Wildman–Crippen MR) is 106 cm³/mol. The van der Waals surface area contributed by atoms with Crippen molar-refractivity contribution in [1.82, 2.24) is 5.43 Å². The molecule has 3 rings (SSSR count). The van der Waals surface area contributed by atoms with Crippen LogP contribution in [0.1, 0.15) is 16.9 Å². The maximum Gasteiger partial charge on any atom is 0.336 e. The van der Waals surface area contributed by atoms with Crippen molar-refractivity contribution in [2.45, 2.75) is 6.42 Å². The van der Waals surface area contributed by atoms with Crippen LogP contribution in [0.25, 0.3) is 6.08 Å². The van der Waals surface area contributed by atoms with E-state index in [1.807, 2.05) is 30.3 Å². The molecule has 0 bridgehead atoms. The lowest BCUT2D eigenvalue weighted by Crippen LogP contribution is -2.19. The Labute approximate surface area is 162 Å². The van der Waals surface area contributed by atoms with Gasteiger partial charge in [-0.15, -0.1) is 0 Å². The van der Waals surface area contributed by atoms with Crippen LogP contribution in [0, 0.1) is 0 Å². The van der Waals surface area contributed by atoms with Crippen LogP contribution >= 0.6 is 0 Å². The average molecular weight is 374 g/mol. The lowest BCUT2D eigenvalue weighted by atomic mass is 10.1. The first-order chi connectivity index (χ1) is 13.7. The molecule has 0 fully saturated rings. The summed E-state index contributed by atoms with van der Waals surface area (Å²) in [6.07, 6.45) is 6.06. The number of benzene rings is 2. The molecular formula is C22H18N2O4. The van der Waals surface area contributed by atoms with Gasteiger partial charge in [-0.1, -0.05) is 42.5 Å². The minimum atomic E-state index is -0.526. The van der Waals surface area contributed by atoms with E-state index in [2.05, 4.69) is 10.5 Å². The molecule has 2 aromatic carbocycles. The van der Waals surface area contributed by atoms with Gasteiger partial charge in [0.25, 0.3) is 0 Å². The van der Waals surface area contributed by atoms with Crippen LogP contribution in [0.3, 0.4) is 0 Å². The molecular weight excluding hydrogens is 356 g/mol. The number of nitrogens with zero attached hydrogens (tertiary/aromatic N) is 1. The van der Waals surface area contributed by atoms with E-state index in [0.717, 1.165) is 5.56 Å². The van der Waals surface area contributed by atoms with Gasteiger partial charge in [-0.05, 0) is 41.5 Å². The second-order valence-corrected chi connectivity index (χ2v) is 5.80. The highest BCUT2D eigenvalue weighted by atomic mass is 16.5. The minimum absolute atomic E-state index is 0.215. The van der Waals surface area contributed by atoms with E-state index in [9.17, 15) is 9.59 Å². The zero-order valence-electron chi connectivity index (χ0n) is 14.9. The lowest BCUT2D eigenvalue weighted by Gasteiger charge is -2.02. The summed E-state index contributed by atoms with van der Waals surface area (Å²) in [5.41, 5.74) is 4.07. The number of amides is 1. The predicted octanol–water partition coefficient (Wildman–Crippen LogP) is 3.59. The minimum Gasteiger partial charge on any atom is -0.465 e. The number of rotatable bonds is 7. The van der Waals surface area contributed by atoms with E-state index >= 15 is 0 Å². The van der Waals surface area contributed by atoms with Gasteiger partial charge in [0, 0.05) is 6.08 Å². The largest absolute Gasteiger partial charge is 0.465 e. The van der Waals surface area contributed by atoms with Gasteiger partial charge in [0.05, 0.1) is 18.9 Å². The van der Waals surface area contributed by atoms with Crippen LogP contribution in [0.4, 0.5) is 0 Å². The first-order valence-corrected chi connectivity index (χ1v) is 8.58. The molecule has 0 saturated carbocycles. The van der Waals surface area contributed by atoms with Gasteiger partial charge in [-0.25, -0.2) is 10.2 Å². The fraction of sp³-hybridized carbons (Fsp3) is 0.0455. The topological polar surface area (TPSA) is 80.9 Å². The van der Waals surface area contributed by atoms with Gasteiger partial charge in [-0.2, -0.15) is 5.10 Å². The van der Waals surface area contributed by atoms with Crippen LogP contribution in [0.2, 0.25) is 0 Å². The van der Waals surface area contributed by atoms with E-state index in [4.69, 9.17) is 9.15 Å². The van der Waals surface area contributed by atoms with Crippen molar-refractivity contribution in [3.8, 4) is 5.75 Å². The molecule has 1 aromatic heterocycles. The molecule has 1 heterocycles. The summed E-state index contributed by atoms with van der Waals surface area (Å²) in [5.74, 6) is 0.187. The highest BCUT2D eigenvalue weighted by molar-refractivity contribution is 5.89. The van der Waals surface area contributed by atoms with Crippen LogP contribution in [-0.2, 0) is 16.0 Å². The number of nitrogens with one attached hydrogen (secondary N) is 1. The second kappa shape index (κ2) is 9.68. The molecule has 0 atom stereocenters. The monoisotopic (exact) mass is 374 g/mol. The molecule has 0 aliphatic carbocycles. The third kappa shape index (κ3) is 6.10. The summed E-state index contributed by atoms with van der Waals surface area (Å²) < 4.78 is 10.4. The molecule has 6 heteroatoms. The Morgan fingerprint density at radius 1 is 1.04 bits per heavy atom. The fourth-order valence-electron chi connectivity index (χ4n) is 2.34. The molecule has 0 aliphatic rings. The fourth-order valence-corrected chi connectivity index (χ4v) is 2.34. The molecule has 0 spiro atoms. The van der Waals surface area contributed by atoms with Gasteiger partial charge in [0.1, 0.15) is 11.5 Å². The highest BCUT2D eigenvalue weighted by Crippen LogP contribution is 2.13. The second-order valence-electron chi connectivity index (χ2n) is 5.80. The first kappa shape index (κ1) is 18.8. The number of carbonyl (C=O) groups is 2. The summed E-state index contributed by atoms with van der Waals surface area (Å²) in [5, 5.41) is 3.94. The molecule has 0 unspecified atom stereocenters. The summed E-state index contributed by atoms with van der Waals surface area (Å²) in [6.45, 7) is 0. The van der Waals surface area contributed by atoms with Gasteiger partial charge >= 0.3 is 5.97 Å². The quantitative estimate of drug-likeness (QED) is 0.225. The number of carbonyl (C=O) groups excluding carboxylic acids is 2. The van der Waals surface area contributed by atoms with Crippen LogP contribution in [-0.4, -0.2) is 18.1 Å². The maximum absolute atomic E-state index is 11.9. The standard InChI is InChI=1S/C22H18N2O4/c25-21(15-17-6-2-1-3-7-17)24-23-16-18-8-4-9-20(14-18)28-22(26)12-11-19-10-5-13-27-19/h1-14,16H,15H2,(H,24,25)/b12-11+,23-16-. The van der Waals surface area contributed by atoms with E-state index in [-0.39, 0.29) is 12.3 Å². The highest BCUT2D eigenvalue weighted by Gasteiger charge is 2.03. The molecule has 0 saturated heterocycles. The van der Waals surface area contributed by atoms with Crippen molar-refractivity contribution in [1.29, 1.82) is 0 Å². The molecule has 28 heavy (non-hydrogen) atoms. The molecule has 0 radical (unpaired) electrons. The normalized spacial score (nSPS) is 11.0. The third-order valence-corrected chi connectivity index (χ3v) is 3.61. The van der Waals surface area contributed by atoms with Gasteiger partial charge in [-0.3, -0.25) is 4.79 Å². The number of hydrogen-bond acceptors (Lipinski definition) is 5. The van der Waals surface area contributed by atoms with Crippen LogP contribution in [0.5, 0.6) is 5.75 Å². The molecule has 1 N–H and O–H groups in total. The number of furan rings is 1. The van der Waals surface area contributed by atoms with Crippen molar-refractivity contribution in [3.05, 3.63) is 96.0 Å². The van der Waals surface area contributed by atoms with Gasteiger partial charge in [0.2, 0.25) is 5.91 Å². The Kier molecular flexibility index (Phi) is 6.52. The zero-order valence-corrected chi connectivity index (χ0v) is 14.9. The average Bonchev–Trinajstić information content (AvgIpc) is 3.21. The van der Waals surface area contributed by atoms with Crippen molar-refractivity contribution in [3.63, 3.8) is 0 Å². The van der Waals surface area contributed by atoms with Crippen molar-refractivity contribution in [2.75, 3.05) is 0 Å². The van der Waals surface area contributed by atoms with E-state index in [1.165, 1.54) is 24.6 Å². The number of esters is 1. The Bertz CT molecular complexity index is 977. The molecule has 6 nitrogen and oxygen atoms in total. The van der Waals surface area contributed by atoms with Crippen molar-refractivity contribution < 1.29 is 18.7 Å². The van der Waals surface area contributed by atoms with Crippen molar-refractivity contribution >= 4 is 24.2 Å². The SMILES string of the molecule is O=C(Cc1ccccc1)N/N=C\c1cccc(OC(=O)/C=C/c2ccco2)c1. The lowest BCUT2D eigenvalue weighted by molar-refractivity contribution is -0.129. The van der Waals surface area contributed by atoms with Gasteiger partial charge in [0.15, 0.2) is 0 Å². The number of hydrazone groups is 1. The molecule has 140 valence electrons. The van der Waals surface area contributed by atoms with E-state index < -0.39 is 5.97 Å². The van der Waals surface area contributed by atoms with Crippen LogP contribution < -0.4 is 10.2 Å². The smallest absolute Gasteiger partial charge is 0.336 e. The summed E-state index contributed by atoms with van der Waals surface area (Å²) >= 11 is 0. The number of hydrogen-bond donors (Lipinski definition) is 1. The summed E-state index contributed by atoms with van der Waals surface area (Å²) in [4.78, 5) is 23.7. The Morgan fingerprint density at radius 2 is 1.89 bits per heavy atom. The maximum atomic E-state index is 11.9. The van der Waals surface area contributed by atoms with E-state index in [0.29, 0.717) is 17.1 Å². The molecule has 3 aromatic rings. The number of ether oxygens (including phenoxy) is 1. The van der Waals surface area contributed by atoms with Crippen LogP contribution in [0.15, 0.2) is 88.6 Å². The Morgan fingerprint density at radius 3 is 2.68 bits per heavy atom. The molecule has 0 aliphatic heterocycles. The van der Waals surface area contributed by atoms with Crippen molar-refractivity contribution in [2.24, 2.45) is 5.10 Å². The third-order valence-electron chi connectivity index (χ3n) is 3.61. The Hall–Kier alpha value is -3.93. The molecule has 1 amide bonds. The van der Waals surface area contributed by atoms with Gasteiger partial charge < -0.3 is 9.15 Å². The zero-order chi connectivity index (χ0) is 19.6. The summed E-state index contributed by atoms with van der Waals surface area (Å²) in [7, 11) is 0. The van der Waals surface area contributed by atoms with E-state index in [1.54, 1.807) is 36.4 Å². The Balaban J connectivity index is 1.52.